The third kappa shape index (κ3) is 5.56. The summed E-state index contributed by atoms with van der Waals surface area (Å²) in [6.45, 7) is 2.86. The maximum absolute atomic E-state index is 12.8. The number of benzene rings is 1. The maximum Gasteiger partial charge on any atom is 0.389 e. The molecule has 1 atom stereocenters. The van der Waals surface area contributed by atoms with Crippen LogP contribution >= 0.6 is 12.4 Å². The number of rotatable bonds is 7. The molecule has 0 aliphatic carbocycles. The topological polar surface area (TPSA) is 43.0 Å². The van der Waals surface area contributed by atoms with Crippen LogP contribution in [0.1, 0.15) is 24.4 Å². The summed E-state index contributed by atoms with van der Waals surface area (Å²) in [6.07, 6.45) is -5.08. The normalized spacial score (nSPS) is 16.5. The van der Waals surface area contributed by atoms with Gasteiger partial charge in [0, 0.05) is 44.2 Å². The second-order valence-electron chi connectivity index (χ2n) is 5.88. The van der Waals surface area contributed by atoms with Crippen molar-refractivity contribution in [2.24, 2.45) is 0 Å². The van der Waals surface area contributed by atoms with E-state index in [4.69, 9.17) is 14.2 Å². The van der Waals surface area contributed by atoms with Crippen molar-refractivity contribution in [1.29, 1.82) is 0 Å². The Morgan fingerprint density at radius 3 is 2.15 bits per heavy atom. The summed E-state index contributed by atoms with van der Waals surface area (Å²) in [6, 6.07) is 3.07. The van der Waals surface area contributed by atoms with Crippen LogP contribution in [0.15, 0.2) is 12.1 Å². The van der Waals surface area contributed by atoms with Gasteiger partial charge in [0.2, 0.25) is 5.75 Å². The number of alkyl halides is 3. The standard InChI is InChI=1S/C17H25F3N2O3.ClH/c1-23-14-5-4-12(15(24-2)16(14)25-3)13(6-7-17(18,19)20)22-10-8-21-9-11-22;/h4-5,13,21H,6-11H2,1-3H3;1H/t13-;/m1./s1. The molecule has 150 valence electrons. The zero-order chi connectivity index (χ0) is 18.4. The lowest BCUT2D eigenvalue weighted by molar-refractivity contribution is -0.138. The zero-order valence-corrected chi connectivity index (χ0v) is 16.0. The van der Waals surface area contributed by atoms with E-state index < -0.39 is 18.6 Å². The van der Waals surface area contributed by atoms with E-state index in [0.717, 1.165) is 13.1 Å². The van der Waals surface area contributed by atoms with Gasteiger partial charge < -0.3 is 19.5 Å². The van der Waals surface area contributed by atoms with Gasteiger partial charge in [0.1, 0.15) is 0 Å². The third-order valence-corrected chi connectivity index (χ3v) is 4.39. The van der Waals surface area contributed by atoms with Gasteiger partial charge in [-0.25, -0.2) is 0 Å². The van der Waals surface area contributed by atoms with Crippen LogP contribution in [0.25, 0.3) is 0 Å². The van der Waals surface area contributed by atoms with Crippen molar-refractivity contribution in [2.45, 2.75) is 25.1 Å². The summed E-state index contributed by atoms with van der Waals surface area (Å²) in [5.41, 5.74) is 0.686. The van der Waals surface area contributed by atoms with Gasteiger partial charge in [-0.1, -0.05) is 0 Å². The van der Waals surface area contributed by atoms with Crippen molar-refractivity contribution >= 4 is 12.4 Å². The number of ether oxygens (including phenoxy) is 3. The molecule has 0 unspecified atom stereocenters. The Labute approximate surface area is 158 Å². The largest absolute Gasteiger partial charge is 0.493 e. The van der Waals surface area contributed by atoms with E-state index in [0.29, 0.717) is 35.9 Å². The van der Waals surface area contributed by atoms with E-state index in [-0.39, 0.29) is 18.8 Å². The van der Waals surface area contributed by atoms with Crippen molar-refractivity contribution in [3.05, 3.63) is 17.7 Å². The minimum absolute atomic E-state index is 0. The van der Waals surface area contributed by atoms with Crippen LogP contribution in [0.4, 0.5) is 13.2 Å². The van der Waals surface area contributed by atoms with Crippen LogP contribution < -0.4 is 19.5 Å². The first-order valence-electron chi connectivity index (χ1n) is 8.21. The Balaban J connectivity index is 0.00000338. The number of nitrogens with one attached hydrogen (secondary N) is 1. The lowest BCUT2D eigenvalue weighted by Gasteiger charge is -2.36. The Hall–Kier alpha value is -1.38. The summed E-state index contributed by atoms with van der Waals surface area (Å²) in [4.78, 5) is 2.06. The van der Waals surface area contributed by atoms with Crippen LogP contribution in [-0.4, -0.2) is 58.6 Å². The average Bonchev–Trinajstić information content (AvgIpc) is 2.61. The van der Waals surface area contributed by atoms with E-state index in [9.17, 15) is 13.2 Å². The van der Waals surface area contributed by atoms with E-state index >= 15 is 0 Å². The number of halogens is 4. The molecule has 1 aromatic carbocycles. The fraction of sp³-hybridized carbons (Fsp3) is 0.647. The molecule has 1 aliphatic rings. The Kier molecular flexibility index (Phi) is 8.79. The lowest BCUT2D eigenvalue weighted by Crippen LogP contribution is -2.45. The van der Waals surface area contributed by atoms with Crippen LogP contribution in [0.3, 0.4) is 0 Å². The van der Waals surface area contributed by atoms with Crippen molar-refractivity contribution in [3.8, 4) is 17.2 Å². The second kappa shape index (κ2) is 10.1. The second-order valence-corrected chi connectivity index (χ2v) is 5.88. The predicted octanol–water partition coefficient (Wildman–Crippen LogP) is 3.42. The van der Waals surface area contributed by atoms with Gasteiger partial charge >= 0.3 is 6.18 Å². The monoisotopic (exact) mass is 398 g/mol. The highest BCUT2D eigenvalue weighted by Crippen LogP contribution is 2.45. The Morgan fingerprint density at radius 2 is 1.65 bits per heavy atom. The first-order chi connectivity index (χ1) is 11.9. The molecule has 1 fully saturated rings. The highest BCUT2D eigenvalue weighted by atomic mass is 35.5. The minimum atomic E-state index is -4.20. The van der Waals surface area contributed by atoms with E-state index in [1.807, 2.05) is 0 Å². The van der Waals surface area contributed by atoms with Gasteiger partial charge in [0.15, 0.2) is 11.5 Å². The molecule has 2 rings (SSSR count). The summed E-state index contributed by atoms with van der Waals surface area (Å²) in [5.74, 6) is 1.31. The van der Waals surface area contributed by atoms with E-state index in [2.05, 4.69) is 10.2 Å². The zero-order valence-electron chi connectivity index (χ0n) is 15.2. The summed E-state index contributed by atoms with van der Waals surface area (Å²) in [7, 11) is 4.48. The van der Waals surface area contributed by atoms with Gasteiger partial charge in [0.05, 0.1) is 21.3 Å². The van der Waals surface area contributed by atoms with Crippen LogP contribution in [0, 0.1) is 0 Å². The number of piperazine rings is 1. The molecule has 0 saturated carbocycles. The smallest absolute Gasteiger partial charge is 0.389 e. The van der Waals surface area contributed by atoms with E-state index in [1.54, 1.807) is 12.1 Å². The Bertz CT molecular complexity index is 567. The first-order valence-corrected chi connectivity index (χ1v) is 8.21. The van der Waals surface area contributed by atoms with Gasteiger partial charge in [-0.3, -0.25) is 4.90 Å². The molecule has 26 heavy (non-hydrogen) atoms. The molecule has 1 N–H and O–H groups in total. The molecule has 0 radical (unpaired) electrons. The van der Waals surface area contributed by atoms with Crippen molar-refractivity contribution in [3.63, 3.8) is 0 Å². The molecule has 0 spiro atoms. The molecule has 5 nitrogen and oxygen atoms in total. The van der Waals surface area contributed by atoms with E-state index in [1.165, 1.54) is 21.3 Å². The first kappa shape index (κ1) is 22.7. The lowest BCUT2D eigenvalue weighted by atomic mass is 9.97. The van der Waals surface area contributed by atoms with Gasteiger partial charge in [-0.15, -0.1) is 12.4 Å². The van der Waals surface area contributed by atoms with Crippen LogP contribution in [0.5, 0.6) is 17.2 Å². The molecule has 1 aromatic rings. The predicted molar refractivity (Wildman–Crippen MR) is 95.8 cm³/mol. The number of nitrogens with zero attached hydrogens (tertiary/aromatic N) is 1. The van der Waals surface area contributed by atoms with Crippen molar-refractivity contribution in [2.75, 3.05) is 47.5 Å². The highest BCUT2D eigenvalue weighted by Gasteiger charge is 2.33. The molecular weight excluding hydrogens is 373 g/mol. The molecule has 9 heteroatoms. The van der Waals surface area contributed by atoms with Crippen molar-refractivity contribution < 1.29 is 27.4 Å². The maximum atomic E-state index is 12.8. The fourth-order valence-corrected chi connectivity index (χ4v) is 3.22. The van der Waals surface area contributed by atoms with Gasteiger partial charge in [0.25, 0.3) is 0 Å². The average molecular weight is 399 g/mol. The quantitative estimate of drug-likeness (QED) is 0.762. The van der Waals surface area contributed by atoms with Gasteiger partial charge in [-0.05, 0) is 18.6 Å². The van der Waals surface area contributed by atoms with Gasteiger partial charge in [-0.2, -0.15) is 13.2 Å². The molecule has 1 aliphatic heterocycles. The van der Waals surface area contributed by atoms with Crippen LogP contribution in [-0.2, 0) is 0 Å². The molecule has 1 heterocycles. The molecule has 0 amide bonds. The van der Waals surface area contributed by atoms with Crippen LogP contribution in [0.2, 0.25) is 0 Å². The minimum Gasteiger partial charge on any atom is -0.493 e. The summed E-state index contributed by atoms with van der Waals surface area (Å²) in [5, 5.41) is 3.22. The molecule has 0 aromatic heterocycles. The summed E-state index contributed by atoms with van der Waals surface area (Å²) >= 11 is 0. The number of hydrogen-bond donors (Lipinski definition) is 1. The molecular formula is C17H26ClF3N2O3. The SMILES string of the molecule is COc1ccc([C@@H](CCC(F)(F)F)N2CCNCC2)c(OC)c1OC.Cl. The van der Waals surface area contributed by atoms with Crippen molar-refractivity contribution in [1.82, 2.24) is 10.2 Å². The summed E-state index contributed by atoms with van der Waals surface area (Å²) < 4.78 is 54.6. The molecule has 0 bridgehead atoms. The fourth-order valence-electron chi connectivity index (χ4n) is 3.22. The number of methoxy groups -OCH3 is 3. The highest BCUT2D eigenvalue weighted by molar-refractivity contribution is 5.85. The Morgan fingerprint density at radius 1 is 1.04 bits per heavy atom. The number of hydrogen-bond acceptors (Lipinski definition) is 5. The third-order valence-electron chi connectivity index (χ3n) is 4.39. The molecule has 1 saturated heterocycles.